The quantitative estimate of drug-likeness (QED) is 0.927. The molecule has 1 atom stereocenters. The Hall–Kier alpha value is -1.10. The number of piperidine rings is 1. The third kappa shape index (κ3) is 3.23. The van der Waals surface area contributed by atoms with Crippen molar-refractivity contribution in [1.29, 1.82) is 0 Å². The van der Waals surface area contributed by atoms with Gasteiger partial charge in [-0.05, 0) is 43.4 Å². The molecule has 0 bridgehead atoms. The van der Waals surface area contributed by atoms with Crippen LogP contribution in [-0.4, -0.2) is 48.5 Å². The number of ether oxygens (including phenoxy) is 2. The van der Waals surface area contributed by atoms with E-state index in [-0.39, 0.29) is 11.7 Å². The Morgan fingerprint density at radius 1 is 1.29 bits per heavy atom. The molecular formula is C17H25NO3. The number of rotatable bonds is 3. The van der Waals surface area contributed by atoms with Gasteiger partial charge in [0.15, 0.2) is 0 Å². The molecule has 116 valence electrons. The van der Waals surface area contributed by atoms with Crippen molar-refractivity contribution >= 4 is 0 Å². The first kappa shape index (κ1) is 14.8. The second-order valence-electron chi connectivity index (χ2n) is 6.20. The van der Waals surface area contributed by atoms with Gasteiger partial charge in [-0.25, -0.2) is 0 Å². The lowest BCUT2D eigenvalue weighted by atomic mass is 9.82. The minimum Gasteiger partial charge on any atom is -0.497 e. The Labute approximate surface area is 126 Å². The Kier molecular flexibility index (Phi) is 4.48. The molecule has 3 rings (SSSR count). The standard InChI is InChI=1S/C17H25NO3/c1-20-15-6-4-14(5-7-15)13-18-10-8-17(9-11-18)16(19)3-2-12-21-17/h4-7,16,19H,2-3,8-13H2,1H3. The molecule has 0 aromatic heterocycles. The molecule has 2 fully saturated rings. The van der Waals surface area contributed by atoms with E-state index in [1.165, 1.54) is 5.56 Å². The molecule has 1 spiro atoms. The minimum absolute atomic E-state index is 0.269. The number of hydrogen-bond donors (Lipinski definition) is 1. The fourth-order valence-corrected chi connectivity index (χ4v) is 3.47. The highest BCUT2D eigenvalue weighted by molar-refractivity contribution is 5.27. The maximum atomic E-state index is 10.3. The molecule has 2 heterocycles. The third-order valence-corrected chi connectivity index (χ3v) is 4.89. The molecule has 1 unspecified atom stereocenters. The van der Waals surface area contributed by atoms with Crippen LogP contribution in [0.25, 0.3) is 0 Å². The van der Waals surface area contributed by atoms with Gasteiger partial charge in [0.2, 0.25) is 0 Å². The number of benzene rings is 1. The van der Waals surface area contributed by atoms with E-state index < -0.39 is 0 Å². The maximum absolute atomic E-state index is 10.3. The van der Waals surface area contributed by atoms with E-state index in [1.54, 1.807) is 7.11 Å². The van der Waals surface area contributed by atoms with Crippen molar-refractivity contribution < 1.29 is 14.6 Å². The van der Waals surface area contributed by atoms with Crippen LogP contribution in [0.5, 0.6) is 5.75 Å². The smallest absolute Gasteiger partial charge is 0.118 e. The maximum Gasteiger partial charge on any atom is 0.118 e. The third-order valence-electron chi connectivity index (χ3n) is 4.89. The van der Waals surface area contributed by atoms with Crippen LogP contribution < -0.4 is 4.74 Å². The van der Waals surface area contributed by atoms with E-state index in [0.717, 1.165) is 57.7 Å². The molecule has 1 aromatic carbocycles. The van der Waals surface area contributed by atoms with Crippen molar-refractivity contribution in [2.75, 3.05) is 26.8 Å². The molecule has 2 aliphatic rings. The molecule has 1 aromatic rings. The van der Waals surface area contributed by atoms with Gasteiger partial charge < -0.3 is 14.6 Å². The first-order valence-electron chi connectivity index (χ1n) is 7.89. The van der Waals surface area contributed by atoms with Gasteiger partial charge in [-0.3, -0.25) is 4.90 Å². The number of aliphatic hydroxyl groups excluding tert-OH is 1. The summed E-state index contributed by atoms with van der Waals surface area (Å²) in [7, 11) is 1.69. The zero-order chi connectivity index (χ0) is 14.7. The highest BCUT2D eigenvalue weighted by Crippen LogP contribution is 2.35. The summed E-state index contributed by atoms with van der Waals surface area (Å²) in [6.45, 7) is 3.73. The molecule has 1 N–H and O–H groups in total. The van der Waals surface area contributed by atoms with Crippen LogP contribution in [0.2, 0.25) is 0 Å². The zero-order valence-corrected chi connectivity index (χ0v) is 12.8. The Morgan fingerprint density at radius 2 is 2.00 bits per heavy atom. The number of methoxy groups -OCH3 is 1. The van der Waals surface area contributed by atoms with Crippen molar-refractivity contribution in [1.82, 2.24) is 4.90 Å². The lowest BCUT2D eigenvalue weighted by Gasteiger charge is -2.46. The van der Waals surface area contributed by atoms with E-state index in [2.05, 4.69) is 17.0 Å². The fraction of sp³-hybridized carbons (Fsp3) is 0.647. The predicted molar refractivity (Wildman–Crippen MR) is 81.4 cm³/mol. The molecule has 0 amide bonds. The fourth-order valence-electron chi connectivity index (χ4n) is 3.47. The van der Waals surface area contributed by atoms with Crippen molar-refractivity contribution in [3.8, 4) is 5.75 Å². The number of hydrogen-bond acceptors (Lipinski definition) is 4. The molecule has 0 saturated carbocycles. The summed E-state index contributed by atoms with van der Waals surface area (Å²) in [6, 6.07) is 8.26. The van der Waals surface area contributed by atoms with Gasteiger partial charge in [-0.2, -0.15) is 0 Å². The topological polar surface area (TPSA) is 41.9 Å². The van der Waals surface area contributed by atoms with Gasteiger partial charge in [0.1, 0.15) is 5.75 Å². The summed E-state index contributed by atoms with van der Waals surface area (Å²) < 4.78 is 11.1. The summed E-state index contributed by atoms with van der Waals surface area (Å²) >= 11 is 0. The van der Waals surface area contributed by atoms with E-state index in [0.29, 0.717) is 0 Å². The van der Waals surface area contributed by atoms with Crippen molar-refractivity contribution in [2.45, 2.75) is 43.9 Å². The second kappa shape index (κ2) is 6.34. The Morgan fingerprint density at radius 3 is 2.62 bits per heavy atom. The largest absolute Gasteiger partial charge is 0.497 e. The van der Waals surface area contributed by atoms with Gasteiger partial charge in [0.25, 0.3) is 0 Å². The van der Waals surface area contributed by atoms with Crippen LogP contribution in [0.1, 0.15) is 31.2 Å². The van der Waals surface area contributed by atoms with E-state index in [1.807, 2.05) is 12.1 Å². The molecule has 2 saturated heterocycles. The van der Waals surface area contributed by atoms with Crippen LogP contribution in [0.4, 0.5) is 0 Å². The SMILES string of the molecule is COc1ccc(CN2CCC3(CC2)OCCCC3O)cc1. The van der Waals surface area contributed by atoms with E-state index >= 15 is 0 Å². The summed E-state index contributed by atoms with van der Waals surface area (Å²) in [5.74, 6) is 0.898. The van der Waals surface area contributed by atoms with Crippen LogP contribution in [0, 0.1) is 0 Å². The summed E-state index contributed by atoms with van der Waals surface area (Å²) in [5.41, 5.74) is 1.03. The van der Waals surface area contributed by atoms with Gasteiger partial charge in [-0.15, -0.1) is 0 Å². The molecule has 4 heteroatoms. The van der Waals surface area contributed by atoms with E-state index in [4.69, 9.17) is 9.47 Å². The lowest BCUT2D eigenvalue weighted by molar-refractivity contribution is -0.177. The summed E-state index contributed by atoms with van der Waals surface area (Å²) in [5, 5.41) is 10.3. The van der Waals surface area contributed by atoms with Crippen LogP contribution in [-0.2, 0) is 11.3 Å². The summed E-state index contributed by atoms with van der Waals surface area (Å²) in [6.07, 6.45) is 3.46. The molecule has 0 radical (unpaired) electrons. The Bertz CT molecular complexity index is 452. The van der Waals surface area contributed by atoms with Crippen molar-refractivity contribution in [3.05, 3.63) is 29.8 Å². The van der Waals surface area contributed by atoms with Gasteiger partial charge in [0.05, 0.1) is 18.8 Å². The molecular weight excluding hydrogens is 266 g/mol. The molecule has 4 nitrogen and oxygen atoms in total. The van der Waals surface area contributed by atoms with Gasteiger partial charge in [-0.1, -0.05) is 12.1 Å². The van der Waals surface area contributed by atoms with Crippen LogP contribution >= 0.6 is 0 Å². The number of nitrogens with zero attached hydrogens (tertiary/aromatic N) is 1. The summed E-state index contributed by atoms with van der Waals surface area (Å²) in [4.78, 5) is 2.44. The average molecular weight is 291 g/mol. The normalized spacial score (nSPS) is 25.9. The molecule has 2 aliphatic heterocycles. The number of likely N-dealkylation sites (tertiary alicyclic amines) is 1. The van der Waals surface area contributed by atoms with Gasteiger partial charge in [0, 0.05) is 26.2 Å². The van der Waals surface area contributed by atoms with Crippen molar-refractivity contribution in [3.63, 3.8) is 0 Å². The molecule has 21 heavy (non-hydrogen) atoms. The second-order valence-corrected chi connectivity index (χ2v) is 6.20. The zero-order valence-electron chi connectivity index (χ0n) is 12.8. The monoisotopic (exact) mass is 291 g/mol. The highest BCUT2D eigenvalue weighted by Gasteiger charge is 2.43. The molecule has 0 aliphatic carbocycles. The van der Waals surface area contributed by atoms with Crippen LogP contribution in [0.15, 0.2) is 24.3 Å². The van der Waals surface area contributed by atoms with Crippen molar-refractivity contribution in [2.24, 2.45) is 0 Å². The van der Waals surface area contributed by atoms with Crippen LogP contribution in [0.3, 0.4) is 0 Å². The number of aliphatic hydroxyl groups is 1. The first-order valence-corrected chi connectivity index (χ1v) is 7.89. The minimum atomic E-state index is -0.283. The predicted octanol–water partition coefficient (Wildman–Crippen LogP) is 2.20. The van der Waals surface area contributed by atoms with E-state index in [9.17, 15) is 5.11 Å². The van der Waals surface area contributed by atoms with Gasteiger partial charge >= 0.3 is 0 Å². The first-order chi connectivity index (χ1) is 10.2. The lowest BCUT2D eigenvalue weighted by Crippen LogP contribution is -2.55. The average Bonchev–Trinajstić information content (AvgIpc) is 2.53. The Balaban J connectivity index is 1.55. The highest BCUT2D eigenvalue weighted by atomic mass is 16.5.